The largest absolute Gasteiger partial charge is 0.284 e. The Morgan fingerprint density at radius 3 is 2.84 bits per heavy atom. The highest BCUT2D eigenvalue weighted by molar-refractivity contribution is 7.94. The fourth-order valence-corrected chi connectivity index (χ4v) is 3.28. The van der Waals surface area contributed by atoms with Crippen LogP contribution in [0.1, 0.15) is 12.8 Å². The topological polar surface area (TPSA) is 64.8 Å². The summed E-state index contributed by atoms with van der Waals surface area (Å²) in [5, 5.41) is 7.30. The summed E-state index contributed by atoms with van der Waals surface area (Å²) in [5.74, 6) is -0.478. The maximum absolute atomic E-state index is 13.0. The SMILES string of the molecule is O=S(=O)(C1=CCCC=C1)n1nnc2cc(F)ccc21. The maximum atomic E-state index is 13.0. The van der Waals surface area contributed by atoms with Crippen LogP contribution in [0.2, 0.25) is 0 Å². The van der Waals surface area contributed by atoms with Crippen LogP contribution >= 0.6 is 0 Å². The number of fused-ring (bicyclic) bond motifs is 1. The Kier molecular flexibility index (Phi) is 2.70. The maximum Gasteiger partial charge on any atom is 0.284 e. The minimum absolute atomic E-state index is 0.190. The molecule has 98 valence electrons. The second kappa shape index (κ2) is 4.27. The Labute approximate surface area is 109 Å². The normalized spacial score (nSPS) is 15.7. The minimum Gasteiger partial charge on any atom is -0.207 e. The lowest BCUT2D eigenvalue weighted by Gasteiger charge is -2.08. The second-order valence-corrected chi connectivity index (χ2v) is 5.92. The zero-order valence-electron chi connectivity index (χ0n) is 9.82. The van der Waals surface area contributed by atoms with Gasteiger partial charge in [-0.3, -0.25) is 0 Å². The molecule has 0 N–H and O–H groups in total. The number of hydrogen-bond acceptors (Lipinski definition) is 4. The number of halogens is 1. The summed E-state index contributed by atoms with van der Waals surface area (Å²) in [4.78, 5) is 0.190. The lowest BCUT2D eigenvalue weighted by atomic mass is 10.2. The van der Waals surface area contributed by atoms with Crippen LogP contribution in [0.5, 0.6) is 0 Å². The van der Waals surface area contributed by atoms with Crippen molar-refractivity contribution in [2.75, 3.05) is 0 Å². The molecule has 0 saturated carbocycles. The molecule has 7 heteroatoms. The fourth-order valence-electron chi connectivity index (χ4n) is 1.93. The quantitative estimate of drug-likeness (QED) is 0.843. The Morgan fingerprint density at radius 1 is 1.26 bits per heavy atom. The van der Waals surface area contributed by atoms with Gasteiger partial charge in [0.25, 0.3) is 10.0 Å². The minimum atomic E-state index is -3.76. The van der Waals surface area contributed by atoms with E-state index in [-0.39, 0.29) is 15.9 Å². The van der Waals surface area contributed by atoms with Gasteiger partial charge >= 0.3 is 0 Å². The third kappa shape index (κ3) is 1.95. The molecule has 2 aromatic rings. The first kappa shape index (κ1) is 12.0. The van der Waals surface area contributed by atoms with Crippen molar-refractivity contribution < 1.29 is 12.8 Å². The Bertz CT molecular complexity index is 805. The van der Waals surface area contributed by atoms with Crippen LogP contribution in [-0.2, 0) is 10.0 Å². The first-order valence-electron chi connectivity index (χ1n) is 5.72. The van der Waals surface area contributed by atoms with Crippen LogP contribution in [0, 0.1) is 5.82 Å². The Balaban J connectivity index is 2.19. The van der Waals surface area contributed by atoms with Gasteiger partial charge < -0.3 is 0 Å². The van der Waals surface area contributed by atoms with E-state index in [2.05, 4.69) is 10.3 Å². The molecule has 0 aliphatic heterocycles. The number of hydrogen-bond donors (Lipinski definition) is 0. The molecule has 3 rings (SSSR count). The first-order chi connectivity index (χ1) is 9.09. The molecule has 0 radical (unpaired) electrons. The van der Waals surface area contributed by atoms with Crippen LogP contribution in [0.3, 0.4) is 0 Å². The summed E-state index contributed by atoms with van der Waals surface area (Å²) in [6, 6.07) is 3.69. The van der Waals surface area contributed by atoms with Crippen LogP contribution in [0.15, 0.2) is 41.3 Å². The van der Waals surface area contributed by atoms with Crippen LogP contribution in [0.25, 0.3) is 11.0 Å². The van der Waals surface area contributed by atoms with Crippen LogP contribution < -0.4 is 0 Å². The van der Waals surface area contributed by atoms with Gasteiger partial charge in [0.15, 0.2) is 0 Å². The van der Waals surface area contributed by atoms with Crippen molar-refractivity contribution in [3.63, 3.8) is 0 Å². The van der Waals surface area contributed by atoms with Crippen LogP contribution in [0.4, 0.5) is 4.39 Å². The predicted octanol–water partition coefficient (Wildman–Crippen LogP) is 1.98. The van der Waals surface area contributed by atoms with E-state index in [1.807, 2.05) is 0 Å². The van der Waals surface area contributed by atoms with Gasteiger partial charge in [0.05, 0.1) is 4.91 Å². The standard InChI is InChI=1S/C12H10FN3O2S/c13-9-6-7-12-11(8-9)14-15-16(12)19(17,18)10-4-2-1-3-5-10/h2,4-8H,1,3H2. The molecule has 1 aliphatic rings. The van der Waals surface area contributed by atoms with Gasteiger partial charge in [0.1, 0.15) is 16.9 Å². The fraction of sp³-hybridized carbons (Fsp3) is 0.167. The number of rotatable bonds is 2. The zero-order chi connectivity index (χ0) is 13.5. The molecular weight excluding hydrogens is 269 g/mol. The van der Waals surface area contributed by atoms with E-state index in [4.69, 9.17) is 0 Å². The van der Waals surface area contributed by atoms with Gasteiger partial charge in [-0.2, -0.15) is 8.42 Å². The average molecular weight is 279 g/mol. The molecule has 0 spiro atoms. The summed E-state index contributed by atoms with van der Waals surface area (Å²) in [7, 11) is -3.76. The number of nitrogens with zero attached hydrogens (tertiary/aromatic N) is 3. The molecule has 1 aromatic carbocycles. The summed E-state index contributed by atoms with van der Waals surface area (Å²) in [6.45, 7) is 0. The number of aromatic nitrogens is 3. The molecule has 5 nitrogen and oxygen atoms in total. The Hall–Kier alpha value is -2.02. The summed E-state index contributed by atoms with van der Waals surface area (Å²) in [6.07, 6.45) is 6.49. The van der Waals surface area contributed by atoms with Gasteiger partial charge in [-0.1, -0.05) is 17.4 Å². The highest BCUT2D eigenvalue weighted by Gasteiger charge is 2.23. The van der Waals surface area contributed by atoms with Crippen LogP contribution in [-0.4, -0.2) is 22.8 Å². The molecule has 0 unspecified atom stereocenters. The molecule has 0 bridgehead atoms. The van der Waals surface area contributed by atoms with Gasteiger partial charge in [0, 0.05) is 6.07 Å². The van der Waals surface area contributed by atoms with E-state index in [1.54, 1.807) is 18.2 Å². The average Bonchev–Trinajstić information content (AvgIpc) is 2.83. The molecule has 1 aromatic heterocycles. The van der Waals surface area contributed by atoms with Crippen molar-refractivity contribution in [1.82, 2.24) is 14.4 Å². The molecule has 0 atom stereocenters. The zero-order valence-corrected chi connectivity index (χ0v) is 10.6. The van der Waals surface area contributed by atoms with E-state index >= 15 is 0 Å². The summed E-state index contributed by atoms with van der Waals surface area (Å²) >= 11 is 0. The van der Waals surface area contributed by atoms with Gasteiger partial charge in [-0.15, -0.1) is 9.19 Å². The summed E-state index contributed by atoms with van der Waals surface area (Å²) < 4.78 is 38.7. The van der Waals surface area contributed by atoms with E-state index in [1.165, 1.54) is 12.1 Å². The van der Waals surface area contributed by atoms with Crippen molar-refractivity contribution in [2.45, 2.75) is 12.8 Å². The molecule has 1 heterocycles. The summed E-state index contributed by atoms with van der Waals surface area (Å²) in [5.41, 5.74) is 0.477. The number of allylic oxidation sites excluding steroid dienone is 3. The van der Waals surface area contributed by atoms with Crippen molar-refractivity contribution in [3.8, 4) is 0 Å². The Morgan fingerprint density at radius 2 is 2.11 bits per heavy atom. The van der Waals surface area contributed by atoms with Gasteiger partial charge in [-0.25, -0.2) is 4.39 Å². The highest BCUT2D eigenvalue weighted by Crippen LogP contribution is 2.21. The molecular formula is C12H10FN3O2S. The number of benzene rings is 1. The third-order valence-electron chi connectivity index (χ3n) is 2.86. The second-order valence-electron chi connectivity index (χ2n) is 4.16. The molecule has 0 amide bonds. The smallest absolute Gasteiger partial charge is 0.207 e. The predicted molar refractivity (Wildman–Crippen MR) is 68.3 cm³/mol. The van der Waals surface area contributed by atoms with Gasteiger partial charge in [0.2, 0.25) is 0 Å². The van der Waals surface area contributed by atoms with Crippen molar-refractivity contribution in [1.29, 1.82) is 0 Å². The van der Waals surface area contributed by atoms with Gasteiger partial charge in [-0.05, 0) is 31.1 Å². The van der Waals surface area contributed by atoms with E-state index in [0.29, 0.717) is 6.42 Å². The monoisotopic (exact) mass is 279 g/mol. The highest BCUT2D eigenvalue weighted by atomic mass is 32.2. The third-order valence-corrected chi connectivity index (χ3v) is 4.49. The van der Waals surface area contributed by atoms with E-state index < -0.39 is 15.8 Å². The molecule has 19 heavy (non-hydrogen) atoms. The van der Waals surface area contributed by atoms with E-state index in [0.717, 1.165) is 16.6 Å². The van der Waals surface area contributed by atoms with E-state index in [9.17, 15) is 12.8 Å². The molecule has 0 fully saturated rings. The van der Waals surface area contributed by atoms with Crippen molar-refractivity contribution >= 4 is 21.1 Å². The molecule has 0 saturated heterocycles. The van der Waals surface area contributed by atoms with Crippen molar-refractivity contribution in [2.24, 2.45) is 0 Å². The lowest BCUT2D eigenvalue weighted by Crippen LogP contribution is -2.16. The lowest BCUT2D eigenvalue weighted by molar-refractivity contribution is 0.586. The molecule has 1 aliphatic carbocycles. The first-order valence-corrected chi connectivity index (χ1v) is 7.16. The van der Waals surface area contributed by atoms with Crippen molar-refractivity contribution in [3.05, 3.63) is 47.1 Å².